The van der Waals surface area contributed by atoms with Crippen molar-refractivity contribution in [3.8, 4) is 0 Å². The molecule has 3 aromatic rings. The number of hydrogen-bond donors (Lipinski definition) is 2. The van der Waals surface area contributed by atoms with Crippen molar-refractivity contribution in [1.29, 1.82) is 0 Å². The van der Waals surface area contributed by atoms with E-state index in [2.05, 4.69) is 38.2 Å². The van der Waals surface area contributed by atoms with Crippen LogP contribution in [-0.2, 0) is 9.59 Å². The molecule has 0 bridgehead atoms. The smallest absolute Gasteiger partial charge is 0.283 e. The Balaban J connectivity index is 1.51. The van der Waals surface area contributed by atoms with Gasteiger partial charge in [0.2, 0.25) is 0 Å². The van der Waals surface area contributed by atoms with Gasteiger partial charge < -0.3 is 5.32 Å². The van der Waals surface area contributed by atoms with Gasteiger partial charge in [0.05, 0.1) is 5.69 Å². The van der Waals surface area contributed by atoms with Crippen molar-refractivity contribution in [2.45, 2.75) is 6.92 Å². The molecule has 1 aromatic heterocycles. The Morgan fingerprint density at radius 2 is 1.87 bits per heavy atom. The van der Waals surface area contributed by atoms with Gasteiger partial charge in [0.25, 0.3) is 17.7 Å². The first-order chi connectivity index (χ1) is 14.8. The lowest BCUT2D eigenvalue weighted by molar-refractivity contribution is -0.120. The molecule has 0 aliphatic carbocycles. The summed E-state index contributed by atoms with van der Waals surface area (Å²) in [6.45, 7) is 1.83. The summed E-state index contributed by atoms with van der Waals surface area (Å²) in [5, 5.41) is 7.68. The minimum absolute atomic E-state index is 0.00963. The van der Waals surface area contributed by atoms with Gasteiger partial charge in [-0.25, -0.2) is 9.88 Å². The highest BCUT2D eigenvalue weighted by atomic mass is 127. The third-order valence-electron chi connectivity index (χ3n) is 4.50. The number of rotatable bonds is 5. The minimum atomic E-state index is -0.585. The van der Waals surface area contributed by atoms with Gasteiger partial charge in [0, 0.05) is 26.4 Å². The Labute approximate surface area is 200 Å². The van der Waals surface area contributed by atoms with E-state index >= 15 is 0 Å². The molecule has 1 aliphatic heterocycles. The van der Waals surface area contributed by atoms with E-state index in [-0.39, 0.29) is 16.6 Å². The number of nitrogens with zero attached hydrogens (tertiary/aromatic N) is 2. The average Bonchev–Trinajstić information content (AvgIpc) is 3.32. The lowest BCUT2D eigenvalue weighted by Crippen LogP contribution is -2.32. The van der Waals surface area contributed by atoms with Crippen molar-refractivity contribution in [2.24, 2.45) is 0 Å². The molecule has 0 fully saturated rings. The topological polar surface area (TPSA) is 91.4 Å². The summed E-state index contributed by atoms with van der Waals surface area (Å²) in [4.78, 5) is 43.0. The van der Waals surface area contributed by atoms with Crippen LogP contribution in [0.1, 0.15) is 15.9 Å². The standard InChI is InChI=1S/C21H14ClIN4O3S/c1-11-10-13(23)4-7-15(11)27-19(29)16(22)17(20(27)30)25-14-5-2-12(3-6-14)18(28)26-21-24-8-9-31-21/h2-10,25H,1H3,(H,24,26,28). The summed E-state index contributed by atoms with van der Waals surface area (Å²) in [5.74, 6) is -1.42. The van der Waals surface area contributed by atoms with Gasteiger partial charge in [-0.3, -0.25) is 19.7 Å². The quantitative estimate of drug-likeness (QED) is 0.345. The maximum absolute atomic E-state index is 12.9. The van der Waals surface area contributed by atoms with Crippen LogP contribution in [0.5, 0.6) is 0 Å². The molecule has 2 N–H and O–H groups in total. The second-order valence-corrected chi connectivity index (χ2v) is 9.08. The molecule has 3 amide bonds. The fourth-order valence-electron chi connectivity index (χ4n) is 3.00. The van der Waals surface area contributed by atoms with Crippen LogP contribution in [0.25, 0.3) is 0 Å². The normalized spacial score (nSPS) is 13.7. The number of hydrogen-bond acceptors (Lipinski definition) is 6. The molecule has 156 valence electrons. The molecular formula is C21H14ClIN4O3S. The van der Waals surface area contributed by atoms with Crippen molar-refractivity contribution in [2.75, 3.05) is 15.5 Å². The Morgan fingerprint density at radius 1 is 1.13 bits per heavy atom. The number of nitrogens with one attached hydrogen (secondary N) is 2. The van der Waals surface area contributed by atoms with Crippen LogP contribution in [0.2, 0.25) is 0 Å². The molecule has 0 unspecified atom stereocenters. The van der Waals surface area contributed by atoms with Crippen molar-refractivity contribution in [3.05, 3.63) is 79.5 Å². The van der Waals surface area contributed by atoms with E-state index in [1.54, 1.807) is 41.9 Å². The van der Waals surface area contributed by atoms with Gasteiger partial charge >= 0.3 is 0 Å². The molecule has 0 radical (unpaired) electrons. The molecule has 0 spiro atoms. The monoisotopic (exact) mass is 564 g/mol. The lowest BCUT2D eigenvalue weighted by atomic mass is 10.2. The number of thiazole rings is 1. The van der Waals surface area contributed by atoms with E-state index in [4.69, 9.17) is 11.6 Å². The van der Waals surface area contributed by atoms with Crippen LogP contribution in [0.3, 0.4) is 0 Å². The zero-order valence-electron chi connectivity index (χ0n) is 16.0. The van der Waals surface area contributed by atoms with Crippen molar-refractivity contribution < 1.29 is 14.4 Å². The van der Waals surface area contributed by atoms with Gasteiger partial charge in [-0.05, 0) is 77.5 Å². The Bertz CT molecular complexity index is 1230. The van der Waals surface area contributed by atoms with E-state index < -0.39 is 11.8 Å². The Hall–Kier alpha value is -2.76. The Kier molecular flexibility index (Phi) is 6.08. The predicted molar refractivity (Wildman–Crippen MR) is 129 cm³/mol. The third kappa shape index (κ3) is 4.34. The van der Waals surface area contributed by atoms with Gasteiger partial charge in [0.1, 0.15) is 10.7 Å². The first-order valence-corrected chi connectivity index (χ1v) is 11.3. The maximum atomic E-state index is 12.9. The zero-order chi connectivity index (χ0) is 22.1. The molecule has 7 nitrogen and oxygen atoms in total. The van der Waals surface area contributed by atoms with Crippen molar-refractivity contribution in [1.82, 2.24) is 4.98 Å². The maximum Gasteiger partial charge on any atom is 0.283 e. The molecule has 4 rings (SSSR count). The first-order valence-electron chi connectivity index (χ1n) is 8.98. The molecule has 2 aromatic carbocycles. The molecule has 10 heteroatoms. The molecular weight excluding hydrogens is 551 g/mol. The molecule has 31 heavy (non-hydrogen) atoms. The van der Waals surface area contributed by atoms with Crippen LogP contribution in [0.15, 0.2) is 64.8 Å². The summed E-state index contributed by atoms with van der Waals surface area (Å²) in [7, 11) is 0. The number of aryl methyl sites for hydroxylation is 1. The number of benzene rings is 2. The number of halogens is 2. The highest BCUT2D eigenvalue weighted by Crippen LogP contribution is 2.32. The van der Waals surface area contributed by atoms with Crippen LogP contribution in [-0.4, -0.2) is 22.7 Å². The number of carbonyl (C=O) groups is 3. The van der Waals surface area contributed by atoms with E-state index in [0.717, 1.165) is 14.0 Å². The Morgan fingerprint density at radius 3 is 2.52 bits per heavy atom. The molecule has 0 saturated heterocycles. The van der Waals surface area contributed by atoms with Crippen LogP contribution in [0.4, 0.5) is 16.5 Å². The van der Waals surface area contributed by atoms with Crippen molar-refractivity contribution in [3.63, 3.8) is 0 Å². The highest BCUT2D eigenvalue weighted by Gasteiger charge is 2.39. The summed E-state index contributed by atoms with van der Waals surface area (Å²) in [6.07, 6.45) is 1.60. The van der Waals surface area contributed by atoms with Crippen molar-refractivity contribution >= 4 is 79.8 Å². The third-order valence-corrected chi connectivity index (χ3v) is 6.21. The van der Waals surface area contributed by atoms with Gasteiger partial charge in [-0.15, -0.1) is 11.3 Å². The predicted octanol–water partition coefficient (Wildman–Crippen LogP) is 4.74. The highest BCUT2D eigenvalue weighted by molar-refractivity contribution is 14.1. The fourth-order valence-corrected chi connectivity index (χ4v) is 4.39. The van der Waals surface area contributed by atoms with Gasteiger partial charge in [0.15, 0.2) is 5.13 Å². The van der Waals surface area contributed by atoms with Gasteiger partial charge in [-0.1, -0.05) is 11.6 Å². The number of carbonyl (C=O) groups excluding carboxylic acids is 3. The number of imide groups is 1. The number of anilines is 3. The average molecular weight is 565 g/mol. The summed E-state index contributed by atoms with van der Waals surface area (Å²) in [5.41, 5.74) is 2.20. The number of amides is 3. The van der Waals surface area contributed by atoms with E-state index in [1.807, 2.05) is 19.1 Å². The van der Waals surface area contributed by atoms with E-state index in [0.29, 0.717) is 22.1 Å². The second kappa shape index (κ2) is 8.77. The molecule has 2 heterocycles. The van der Waals surface area contributed by atoms with E-state index in [1.165, 1.54) is 11.3 Å². The summed E-state index contributed by atoms with van der Waals surface area (Å²) >= 11 is 9.68. The first kappa shape index (κ1) is 21.5. The number of aromatic nitrogens is 1. The fraction of sp³-hybridized carbons (Fsp3) is 0.0476. The van der Waals surface area contributed by atoms with E-state index in [9.17, 15) is 14.4 Å². The largest absolute Gasteiger partial charge is 0.350 e. The lowest BCUT2D eigenvalue weighted by Gasteiger charge is -2.17. The van der Waals surface area contributed by atoms with Crippen LogP contribution < -0.4 is 15.5 Å². The second-order valence-electron chi connectivity index (χ2n) is 6.56. The zero-order valence-corrected chi connectivity index (χ0v) is 19.7. The summed E-state index contributed by atoms with van der Waals surface area (Å²) < 4.78 is 0.995. The van der Waals surface area contributed by atoms with Crippen LogP contribution >= 0.6 is 45.5 Å². The molecule has 0 saturated carbocycles. The molecule has 0 atom stereocenters. The van der Waals surface area contributed by atoms with Crippen LogP contribution in [0, 0.1) is 10.5 Å². The van der Waals surface area contributed by atoms with Gasteiger partial charge in [-0.2, -0.15) is 0 Å². The SMILES string of the molecule is Cc1cc(I)ccc1N1C(=O)C(Cl)=C(Nc2ccc(C(=O)Nc3nccs3)cc2)C1=O. The summed E-state index contributed by atoms with van der Waals surface area (Å²) in [6, 6.07) is 11.9. The minimum Gasteiger partial charge on any atom is -0.350 e. The molecule has 1 aliphatic rings.